The van der Waals surface area contributed by atoms with Crippen molar-refractivity contribution in [2.75, 3.05) is 19.8 Å². The molecule has 0 saturated carbocycles. The third-order valence-corrected chi connectivity index (χ3v) is 15.1. The van der Waals surface area contributed by atoms with E-state index in [2.05, 4.69) is 19.2 Å². The van der Waals surface area contributed by atoms with Gasteiger partial charge in [0.15, 0.2) is 0 Å². The van der Waals surface area contributed by atoms with Gasteiger partial charge in [0.25, 0.3) is 0 Å². The molecule has 68 heavy (non-hydrogen) atoms. The highest BCUT2D eigenvalue weighted by Crippen LogP contribution is 2.43. The highest BCUT2D eigenvalue weighted by Gasteiger charge is 2.27. The summed E-state index contributed by atoms with van der Waals surface area (Å²) in [5, 5.41) is 13.8. The zero-order valence-electron chi connectivity index (χ0n) is 45.6. The Hall–Kier alpha value is -0.760. The van der Waals surface area contributed by atoms with Crippen LogP contribution in [0.25, 0.3) is 0 Å². The summed E-state index contributed by atoms with van der Waals surface area (Å²) in [7, 11) is -4.34. The van der Waals surface area contributed by atoms with Gasteiger partial charge in [0.05, 0.1) is 25.4 Å². The number of carbonyl (C=O) groups excluding carboxylic acids is 1. The first-order chi connectivity index (χ1) is 33.4. The van der Waals surface area contributed by atoms with Crippen LogP contribution in [0.15, 0.2) is 12.2 Å². The van der Waals surface area contributed by atoms with Crippen molar-refractivity contribution in [2.24, 2.45) is 5.73 Å². The SMILES string of the molecule is CCCCCCCCCCCCCCC/C=C/[C@@H](O)[C@H](COP(=O)(O)OCCN)NC(=O)CCCCCCCCCCCCCCCCCCCCCCCCCCCCCCCCCCCC. The lowest BCUT2D eigenvalue weighted by Crippen LogP contribution is -2.45. The maximum Gasteiger partial charge on any atom is 0.472 e. The minimum Gasteiger partial charge on any atom is -0.387 e. The van der Waals surface area contributed by atoms with Gasteiger partial charge in [0.2, 0.25) is 5.91 Å². The maximum absolute atomic E-state index is 12.9. The number of phosphoric acid groups is 1. The van der Waals surface area contributed by atoms with E-state index in [0.29, 0.717) is 6.42 Å². The van der Waals surface area contributed by atoms with Gasteiger partial charge in [-0.3, -0.25) is 13.8 Å². The van der Waals surface area contributed by atoms with Gasteiger partial charge in [-0.05, 0) is 19.3 Å². The van der Waals surface area contributed by atoms with Crippen molar-refractivity contribution in [1.29, 1.82) is 0 Å². The maximum atomic E-state index is 12.9. The van der Waals surface area contributed by atoms with Crippen LogP contribution in [0, 0.1) is 0 Å². The average molecular weight is 984 g/mol. The number of aliphatic hydroxyl groups excluding tert-OH is 1. The van der Waals surface area contributed by atoms with E-state index in [1.54, 1.807) is 6.08 Å². The summed E-state index contributed by atoms with van der Waals surface area (Å²) in [6.07, 6.45) is 67.5. The topological polar surface area (TPSA) is 131 Å². The van der Waals surface area contributed by atoms with E-state index >= 15 is 0 Å². The number of hydrogen-bond acceptors (Lipinski definition) is 6. The van der Waals surface area contributed by atoms with E-state index in [0.717, 1.165) is 38.5 Å². The molecule has 0 aromatic carbocycles. The van der Waals surface area contributed by atoms with Gasteiger partial charge in [-0.25, -0.2) is 4.57 Å². The predicted molar refractivity (Wildman–Crippen MR) is 295 cm³/mol. The molecule has 0 aliphatic rings. The predicted octanol–water partition coefficient (Wildman–Crippen LogP) is 18.6. The second kappa shape index (κ2) is 55.6. The molecular formula is C59H119N2O6P. The van der Waals surface area contributed by atoms with Crippen LogP contribution in [0.1, 0.15) is 328 Å². The molecule has 5 N–H and O–H groups in total. The van der Waals surface area contributed by atoms with Crippen molar-refractivity contribution in [1.82, 2.24) is 5.32 Å². The summed E-state index contributed by atoms with van der Waals surface area (Å²) in [6.45, 7) is 4.19. The van der Waals surface area contributed by atoms with Gasteiger partial charge in [-0.2, -0.15) is 0 Å². The number of rotatable bonds is 58. The first-order valence-electron chi connectivity index (χ1n) is 30.3. The molecule has 406 valence electrons. The van der Waals surface area contributed by atoms with E-state index in [1.165, 1.54) is 270 Å². The molecular weight excluding hydrogens is 864 g/mol. The van der Waals surface area contributed by atoms with E-state index in [-0.39, 0.29) is 25.7 Å². The number of nitrogens with one attached hydrogen (secondary N) is 1. The fourth-order valence-electron chi connectivity index (χ4n) is 9.55. The van der Waals surface area contributed by atoms with Crippen LogP contribution in [0.5, 0.6) is 0 Å². The Labute approximate surface area is 424 Å². The van der Waals surface area contributed by atoms with Crippen molar-refractivity contribution in [3.05, 3.63) is 12.2 Å². The number of aliphatic hydroxyl groups is 1. The molecule has 0 fully saturated rings. The molecule has 0 aliphatic heterocycles. The lowest BCUT2D eigenvalue weighted by molar-refractivity contribution is -0.123. The van der Waals surface area contributed by atoms with Crippen LogP contribution in [-0.4, -0.2) is 47.8 Å². The third-order valence-electron chi connectivity index (χ3n) is 14.1. The number of unbranched alkanes of at least 4 members (excludes halogenated alkanes) is 46. The van der Waals surface area contributed by atoms with Gasteiger partial charge < -0.3 is 21.1 Å². The highest BCUT2D eigenvalue weighted by molar-refractivity contribution is 7.47. The van der Waals surface area contributed by atoms with Crippen molar-refractivity contribution in [2.45, 2.75) is 341 Å². The number of carbonyl (C=O) groups is 1. The van der Waals surface area contributed by atoms with Gasteiger partial charge in [-0.1, -0.05) is 315 Å². The quantitative estimate of drug-likeness (QED) is 0.0271. The second-order valence-electron chi connectivity index (χ2n) is 20.9. The Balaban J connectivity index is 3.80. The Morgan fingerprint density at radius 3 is 1.04 bits per heavy atom. The van der Waals surface area contributed by atoms with Crippen molar-refractivity contribution >= 4 is 13.7 Å². The molecule has 9 heteroatoms. The van der Waals surface area contributed by atoms with Gasteiger partial charge in [-0.15, -0.1) is 0 Å². The molecule has 0 rings (SSSR count). The summed E-state index contributed by atoms with van der Waals surface area (Å²) >= 11 is 0. The van der Waals surface area contributed by atoms with Crippen molar-refractivity contribution < 1.29 is 28.4 Å². The van der Waals surface area contributed by atoms with Crippen LogP contribution in [0.4, 0.5) is 0 Å². The molecule has 0 bridgehead atoms. The van der Waals surface area contributed by atoms with Gasteiger partial charge >= 0.3 is 7.82 Å². The minimum atomic E-state index is -4.34. The standard InChI is InChI=1S/C59H119N2O6P/c1-3-5-7-9-11-13-15-17-19-20-21-22-23-24-25-26-27-28-29-30-31-32-33-34-35-36-37-39-41-43-45-47-49-51-53-59(63)61-57(56-67-68(64,65)66-55-54-60)58(62)52-50-48-46-44-42-40-38-18-16-14-12-10-8-6-4-2/h50,52,57-58,62H,3-49,51,53-56,60H2,1-2H3,(H,61,63)(H,64,65)/b52-50+/t57-,58+/m0/s1. The van der Waals surface area contributed by atoms with Gasteiger partial charge in [0.1, 0.15) is 0 Å². The lowest BCUT2D eigenvalue weighted by atomic mass is 10.0. The zero-order valence-corrected chi connectivity index (χ0v) is 46.5. The van der Waals surface area contributed by atoms with Gasteiger partial charge in [0, 0.05) is 13.0 Å². The first-order valence-corrected chi connectivity index (χ1v) is 31.8. The molecule has 0 aliphatic carbocycles. The molecule has 0 saturated heterocycles. The van der Waals surface area contributed by atoms with E-state index in [9.17, 15) is 19.4 Å². The summed E-state index contributed by atoms with van der Waals surface area (Å²) in [5.74, 6) is -0.186. The number of amides is 1. The average Bonchev–Trinajstić information content (AvgIpc) is 3.33. The van der Waals surface area contributed by atoms with Crippen LogP contribution in [0.3, 0.4) is 0 Å². The van der Waals surface area contributed by atoms with Crippen molar-refractivity contribution in [3.8, 4) is 0 Å². The van der Waals surface area contributed by atoms with E-state index in [4.69, 9.17) is 14.8 Å². The highest BCUT2D eigenvalue weighted by atomic mass is 31.2. The number of phosphoric ester groups is 1. The largest absolute Gasteiger partial charge is 0.472 e. The summed E-state index contributed by atoms with van der Waals surface area (Å²) < 4.78 is 22.3. The molecule has 0 radical (unpaired) electrons. The Bertz CT molecular complexity index is 1080. The normalized spacial score (nSPS) is 13.7. The molecule has 3 atom stereocenters. The molecule has 8 nitrogen and oxygen atoms in total. The number of allylic oxidation sites excluding steroid dienone is 1. The fourth-order valence-corrected chi connectivity index (χ4v) is 10.3. The summed E-state index contributed by atoms with van der Waals surface area (Å²) in [6, 6.07) is -0.856. The molecule has 0 spiro atoms. The zero-order chi connectivity index (χ0) is 49.5. The number of hydrogen-bond donors (Lipinski definition) is 4. The van der Waals surface area contributed by atoms with E-state index < -0.39 is 20.0 Å². The molecule has 0 heterocycles. The minimum absolute atomic E-state index is 0.0817. The summed E-state index contributed by atoms with van der Waals surface area (Å²) in [4.78, 5) is 22.9. The molecule has 0 aromatic heterocycles. The third kappa shape index (κ3) is 53.0. The van der Waals surface area contributed by atoms with E-state index in [1.807, 2.05) is 6.08 Å². The Morgan fingerprint density at radius 1 is 0.471 bits per heavy atom. The first kappa shape index (κ1) is 67.2. The van der Waals surface area contributed by atoms with Crippen LogP contribution in [-0.2, 0) is 18.4 Å². The Kier molecular flexibility index (Phi) is 54.9. The molecule has 1 unspecified atom stereocenters. The summed E-state index contributed by atoms with van der Waals surface area (Å²) in [5.41, 5.74) is 5.40. The molecule has 0 aromatic rings. The monoisotopic (exact) mass is 983 g/mol. The fraction of sp³-hybridized carbons (Fsp3) is 0.949. The number of nitrogens with two attached hydrogens (primary N) is 1. The van der Waals surface area contributed by atoms with Crippen LogP contribution in [0.2, 0.25) is 0 Å². The second-order valence-corrected chi connectivity index (χ2v) is 22.4. The molecule has 1 amide bonds. The van der Waals surface area contributed by atoms with Crippen molar-refractivity contribution in [3.63, 3.8) is 0 Å². The smallest absolute Gasteiger partial charge is 0.387 e. The Morgan fingerprint density at radius 2 is 0.750 bits per heavy atom. The van der Waals surface area contributed by atoms with Crippen LogP contribution >= 0.6 is 7.82 Å². The lowest BCUT2D eigenvalue weighted by Gasteiger charge is -2.23. The van der Waals surface area contributed by atoms with Crippen LogP contribution < -0.4 is 11.1 Å².